The van der Waals surface area contributed by atoms with Crippen molar-refractivity contribution in [3.63, 3.8) is 0 Å². The molecule has 3 N–H and O–H groups in total. The second-order valence-electron chi connectivity index (χ2n) is 7.34. The molecule has 0 radical (unpaired) electrons. The van der Waals surface area contributed by atoms with Gasteiger partial charge in [0.2, 0.25) is 21.7 Å². The molecule has 0 unspecified atom stereocenters. The second-order valence-corrected chi connectivity index (χ2v) is 10.8. The molecule has 0 saturated heterocycles. The number of aromatic nitrogens is 2. The monoisotopic (exact) mass is 451 g/mol. The van der Waals surface area contributed by atoms with Crippen molar-refractivity contribution in [2.45, 2.75) is 31.7 Å². The molecule has 0 aliphatic rings. The Morgan fingerprint density at radius 2 is 1.83 bits per heavy atom. The van der Waals surface area contributed by atoms with Gasteiger partial charge >= 0.3 is 0 Å². The Morgan fingerprint density at radius 1 is 1.13 bits per heavy atom. The van der Waals surface area contributed by atoms with Crippen molar-refractivity contribution in [1.82, 2.24) is 14.6 Å². The molecule has 1 atom stereocenters. The van der Waals surface area contributed by atoms with Gasteiger partial charge in [-0.3, -0.25) is 0 Å². The van der Waals surface area contributed by atoms with E-state index in [4.69, 9.17) is 4.63 Å². The predicted molar refractivity (Wildman–Crippen MR) is 117 cm³/mol. The first-order valence-electron chi connectivity index (χ1n) is 9.28. The maximum absolute atomic E-state index is 12.4. The summed E-state index contributed by atoms with van der Waals surface area (Å²) in [6.45, 7) is 6.23. The van der Waals surface area contributed by atoms with E-state index in [-0.39, 0.29) is 28.4 Å². The average Bonchev–Trinajstić information content (AvgIpc) is 3.29. The molecule has 0 saturated carbocycles. The van der Waals surface area contributed by atoms with Crippen molar-refractivity contribution in [2.75, 3.05) is 24.7 Å². The fourth-order valence-electron chi connectivity index (χ4n) is 2.86. The van der Waals surface area contributed by atoms with E-state index in [1.807, 2.05) is 6.92 Å². The van der Waals surface area contributed by atoms with E-state index in [0.29, 0.717) is 5.82 Å². The summed E-state index contributed by atoms with van der Waals surface area (Å²) in [5.41, 5.74) is 0.171. The highest BCUT2D eigenvalue weighted by Gasteiger charge is 2.25. The van der Waals surface area contributed by atoms with Crippen LogP contribution < -0.4 is 10.6 Å². The van der Waals surface area contributed by atoms with Crippen LogP contribution in [0.3, 0.4) is 0 Å². The lowest BCUT2D eigenvalue weighted by Gasteiger charge is -2.21. The lowest BCUT2D eigenvalue weighted by atomic mass is 10.0. The van der Waals surface area contributed by atoms with Crippen molar-refractivity contribution in [3.8, 4) is 5.75 Å². The Balaban J connectivity index is 1.90. The van der Waals surface area contributed by atoms with Crippen LogP contribution in [0.25, 0.3) is 0 Å². The predicted octanol–water partition coefficient (Wildman–Crippen LogP) is 3.95. The Labute approximate surface area is 179 Å². The second kappa shape index (κ2) is 8.62. The molecule has 3 aromatic rings. The highest BCUT2D eigenvalue weighted by atomic mass is 32.2. The lowest BCUT2D eigenvalue weighted by molar-refractivity contribution is 0.310. The molecule has 0 aliphatic heterocycles. The summed E-state index contributed by atoms with van der Waals surface area (Å²) in [6, 6.07) is 8.52. The van der Waals surface area contributed by atoms with Gasteiger partial charge in [-0.25, -0.2) is 17.4 Å². The average molecular weight is 452 g/mol. The van der Waals surface area contributed by atoms with E-state index in [1.165, 1.54) is 31.1 Å². The number of aromatic hydroxyl groups is 1. The molecule has 0 bridgehead atoms. The zero-order valence-corrected chi connectivity index (χ0v) is 19.0. The summed E-state index contributed by atoms with van der Waals surface area (Å²) < 4.78 is 30.8. The Hall–Kier alpha value is -2.63. The number of rotatable bonds is 8. The zero-order chi connectivity index (χ0) is 22.1. The molecule has 0 amide bonds. The smallest absolute Gasteiger partial charge is 0.246 e. The van der Waals surface area contributed by atoms with Crippen LogP contribution in [0.1, 0.15) is 29.6 Å². The van der Waals surface area contributed by atoms with Crippen molar-refractivity contribution < 1.29 is 18.2 Å². The van der Waals surface area contributed by atoms with Gasteiger partial charge in [0.1, 0.15) is 4.90 Å². The Kier molecular flexibility index (Phi) is 6.34. The van der Waals surface area contributed by atoms with Gasteiger partial charge in [-0.1, -0.05) is 19.9 Å². The summed E-state index contributed by atoms with van der Waals surface area (Å²) in [5.74, 6) is 0.452. The number of anilines is 3. The number of para-hydroxylation sites is 1. The molecule has 30 heavy (non-hydrogen) atoms. The van der Waals surface area contributed by atoms with Crippen molar-refractivity contribution in [1.29, 1.82) is 0 Å². The number of phenols is 1. The number of sulfonamides is 1. The number of nitrogens with zero attached hydrogens (tertiary/aromatic N) is 3. The van der Waals surface area contributed by atoms with Gasteiger partial charge in [-0.2, -0.15) is 0 Å². The molecule has 2 aromatic heterocycles. The van der Waals surface area contributed by atoms with E-state index in [0.717, 1.165) is 9.18 Å². The van der Waals surface area contributed by atoms with Crippen molar-refractivity contribution in [2.24, 2.45) is 5.92 Å². The first kappa shape index (κ1) is 22.1. The van der Waals surface area contributed by atoms with Crippen LogP contribution >= 0.6 is 11.3 Å². The van der Waals surface area contributed by atoms with Crippen LogP contribution in [0.5, 0.6) is 5.75 Å². The van der Waals surface area contributed by atoms with Gasteiger partial charge in [0.25, 0.3) is 0 Å². The summed E-state index contributed by atoms with van der Waals surface area (Å²) in [5, 5.41) is 24.6. The fourth-order valence-corrected chi connectivity index (χ4v) is 4.96. The van der Waals surface area contributed by atoms with E-state index in [1.54, 1.807) is 17.4 Å². The number of aryl methyl sites for hydroxylation is 1. The highest BCUT2D eigenvalue weighted by Crippen LogP contribution is 2.37. The van der Waals surface area contributed by atoms with Crippen molar-refractivity contribution in [3.05, 3.63) is 40.1 Å². The molecule has 9 nitrogen and oxygen atoms in total. The summed E-state index contributed by atoms with van der Waals surface area (Å²) >= 11 is 1.69. The molecule has 3 rings (SSSR count). The first-order valence-corrected chi connectivity index (χ1v) is 11.5. The number of thiophene rings is 1. The van der Waals surface area contributed by atoms with Crippen molar-refractivity contribution >= 4 is 38.7 Å². The minimum absolute atomic E-state index is 0.0230. The number of phenolic OH excluding ortho intramolecular Hbond substituents is 1. The maximum atomic E-state index is 12.4. The van der Waals surface area contributed by atoms with E-state index < -0.39 is 15.8 Å². The number of nitrogens with one attached hydrogen (secondary N) is 2. The first-order chi connectivity index (χ1) is 14.1. The normalized spacial score (nSPS) is 13.0. The lowest BCUT2D eigenvalue weighted by Crippen LogP contribution is -2.22. The summed E-state index contributed by atoms with van der Waals surface area (Å²) in [6.07, 6.45) is 0. The van der Waals surface area contributed by atoms with Gasteiger partial charge in [-0.05, 0) is 47.4 Å². The van der Waals surface area contributed by atoms with Crippen LogP contribution in [0, 0.1) is 12.8 Å². The molecular weight excluding hydrogens is 426 g/mol. The van der Waals surface area contributed by atoms with E-state index in [9.17, 15) is 13.5 Å². The maximum Gasteiger partial charge on any atom is 0.246 e. The van der Waals surface area contributed by atoms with E-state index >= 15 is 0 Å². The third-order valence-electron chi connectivity index (χ3n) is 4.53. The molecule has 162 valence electrons. The summed E-state index contributed by atoms with van der Waals surface area (Å²) in [4.78, 5) is 2.15. The van der Waals surface area contributed by atoms with E-state index in [2.05, 4.69) is 46.9 Å². The van der Waals surface area contributed by atoms with Gasteiger partial charge < -0.3 is 15.7 Å². The third kappa shape index (κ3) is 4.42. The summed E-state index contributed by atoms with van der Waals surface area (Å²) in [7, 11) is -1.01. The van der Waals surface area contributed by atoms with Gasteiger partial charge in [0.15, 0.2) is 5.75 Å². The number of hydrogen-bond donors (Lipinski definition) is 3. The molecule has 0 fully saturated rings. The number of benzene rings is 1. The fraction of sp³-hybridized carbons (Fsp3) is 0.368. The molecule has 0 spiro atoms. The minimum atomic E-state index is -3.81. The molecule has 1 aromatic carbocycles. The molecule has 2 heterocycles. The van der Waals surface area contributed by atoms with Gasteiger partial charge in [-0.15, -0.1) is 11.3 Å². The molecular formula is C19H25N5O4S2. The third-order valence-corrected chi connectivity index (χ3v) is 7.46. The molecule has 11 heteroatoms. The zero-order valence-electron chi connectivity index (χ0n) is 17.4. The largest absolute Gasteiger partial charge is 0.504 e. The Bertz CT molecular complexity index is 1120. The van der Waals surface area contributed by atoms with Gasteiger partial charge in [0, 0.05) is 23.8 Å². The SMILES string of the molecule is Cc1ccc([C@H](Nc2nonc2Nc2cccc(S(=O)(=O)N(C)C)c2O)C(C)C)s1. The quantitative estimate of drug-likeness (QED) is 0.440. The standard InChI is InChI=1S/C19H25N5O4S2/c1-11(2)16(14-10-9-12(3)29-14)21-19-18(22-28-23-19)20-13-7-6-8-15(17(13)25)30(26,27)24(4)5/h6-11,16,25H,1-5H3,(H,20,22)(H,21,23)/t16-/m1/s1. The highest BCUT2D eigenvalue weighted by molar-refractivity contribution is 7.89. The minimum Gasteiger partial charge on any atom is -0.504 e. The topological polar surface area (TPSA) is 121 Å². The van der Waals surface area contributed by atoms with Crippen LogP contribution in [0.4, 0.5) is 17.3 Å². The Morgan fingerprint density at radius 3 is 2.43 bits per heavy atom. The van der Waals surface area contributed by atoms with Crippen LogP contribution in [-0.4, -0.2) is 42.2 Å². The van der Waals surface area contributed by atoms with Gasteiger partial charge in [0.05, 0.1) is 11.7 Å². The van der Waals surface area contributed by atoms with Crippen LogP contribution in [0.15, 0.2) is 39.9 Å². The van der Waals surface area contributed by atoms with Crippen LogP contribution in [-0.2, 0) is 10.0 Å². The number of hydrogen-bond acceptors (Lipinski definition) is 9. The van der Waals surface area contributed by atoms with Crippen LogP contribution in [0.2, 0.25) is 0 Å². The molecule has 0 aliphatic carbocycles.